The lowest BCUT2D eigenvalue weighted by Crippen LogP contribution is -2.17. The van der Waals surface area contributed by atoms with E-state index in [2.05, 4.69) is 19.9 Å². The smallest absolute Gasteiger partial charge is 0.377 e. The van der Waals surface area contributed by atoms with E-state index in [9.17, 15) is 18.0 Å². The van der Waals surface area contributed by atoms with Crippen LogP contribution in [0.2, 0.25) is 0 Å². The standard InChI is InChI=1S/C26H23F3N6O2/c1-15(37-3)18-6-4-5-7-19(18)22-30-12-20-24(33-22)35(25(36)31-20)13-16-8-10-17(11-9-16)23-32-21(14-34(23)2)26(27,28)29/h4-12,14-15H,13H2,1-3H3,(H,31,36). The first-order valence-corrected chi connectivity index (χ1v) is 11.4. The van der Waals surface area contributed by atoms with Crippen LogP contribution in [0.5, 0.6) is 0 Å². The lowest BCUT2D eigenvalue weighted by atomic mass is 10.0. The molecule has 37 heavy (non-hydrogen) atoms. The third kappa shape index (κ3) is 4.65. The maximum absolute atomic E-state index is 13.0. The second-order valence-corrected chi connectivity index (χ2v) is 8.67. The third-order valence-corrected chi connectivity index (χ3v) is 6.22. The highest BCUT2D eigenvalue weighted by atomic mass is 19.4. The fourth-order valence-electron chi connectivity index (χ4n) is 4.22. The number of aryl methyl sites for hydroxylation is 1. The van der Waals surface area contributed by atoms with Crippen molar-refractivity contribution in [1.82, 2.24) is 29.1 Å². The van der Waals surface area contributed by atoms with Gasteiger partial charge >= 0.3 is 11.9 Å². The number of hydrogen-bond donors (Lipinski definition) is 1. The van der Waals surface area contributed by atoms with Gasteiger partial charge in [-0.05, 0) is 18.1 Å². The molecule has 11 heteroatoms. The number of aromatic nitrogens is 6. The summed E-state index contributed by atoms with van der Waals surface area (Å²) in [6, 6.07) is 14.5. The van der Waals surface area contributed by atoms with E-state index in [4.69, 9.17) is 4.74 Å². The zero-order valence-corrected chi connectivity index (χ0v) is 20.2. The molecular formula is C26H23F3N6O2. The van der Waals surface area contributed by atoms with Crippen LogP contribution in [0.3, 0.4) is 0 Å². The highest BCUT2D eigenvalue weighted by Crippen LogP contribution is 2.31. The normalized spacial score (nSPS) is 12.8. The topological polar surface area (TPSA) is 90.6 Å². The Balaban J connectivity index is 1.48. The Hall–Kier alpha value is -4.25. The molecule has 1 unspecified atom stereocenters. The van der Waals surface area contributed by atoms with Crippen LogP contribution in [-0.4, -0.2) is 36.2 Å². The molecule has 5 rings (SSSR count). The van der Waals surface area contributed by atoms with Gasteiger partial charge in [0, 0.05) is 31.5 Å². The van der Waals surface area contributed by atoms with Crippen LogP contribution in [0.1, 0.15) is 29.8 Å². The SMILES string of the molecule is COC(C)c1ccccc1-c1ncc2[nH]c(=O)n(Cc3ccc(-c4nc(C(F)(F)F)cn4C)cc3)c2n1. The summed E-state index contributed by atoms with van der Waals surface area (Å²) in [5.74, 6) is 0.662. The number of fused-ring (bicyclic) bond motifs is 1. The van der Waals surface area contributed by atoms with Crippen LogP contribution in [0.4, 0.5) is 13.2 Å². The Morgan fingerprint density at radius 1 is 1.08 bits per heavy atom. The minimum Gasteiger partial charge on any atom is -0.377 e. The van der Waals surface area contributed by atoms with E-state index in [1.807, 2.05) is 31.2 Å². The van der Waals surface area contributed by atoms with Gasteiger partial charge in [0.2, 0.25) is 0 Å². The van der Waals surface area contributed by atoms with Gasteiger partial charge < -0.3 is 14.3 Å². The number of imidazole rings is 2. The monoisotopic (exact) mass is 508 g/mol. The molecule has 0 radical (unpaired) electrons. The first-order chi connectivity index (χ1) is 17.7. The van der Waals surface area contributed by atoms with E-state index in [-0.39, 0.29) is 24.2 Å². The van der Waals surface area contributed by atoms with Crippen molar-refractivity contribution >= 4 is 11.2 Å². The van der Waals surface area contributed by atoms with Crippen LogP contribution in [0.15, 0.2) is 65.7 Å². The minimum absolute atomic E-state index is 0.173. The lowest BCUT2D eigenvalue weighted by molar-refractivity contribution is -0.140. The summed E-state index contributed by atoms with van der Waals surface area (Å²) in [6.07, 6.45) is -2.16. The second-order valence-electron chi connectivity index (χ2n) is 8.67. The Kier molecular flexibility index (Phi) is 6.16. The highest BCUT2D eigenvalue weighted by Gasteiger charge is 2.34. The molecule has 8 nitrogen and oxygen atoms in total. The van der Waals surface area contributed by atoms with Crippen molar-refractivity contribution in [2.45, 2.75) is 25.7 Å². The Morgan fingerprint density at radius 3 is 2.49 bits per heavy atom. The van der Waals surface area contributed by atoms with Crippen molar-refractivity contribution in [2.24, 2.45) is 7.05 Å². The number of benzene rings is 2. The molecule has 0 fully saturated rings. The number of aromatic amines is 1. The van der Waals surface area contributed by atoms with Crippen molar-refractivity contribution in [3.8, 4) is 22.8 Å². The summed E-state index contributed by atoms with van der Waals surface area (Å²) in [6.45, 7) is 2.14. The lowest BCUT2D eigenvalue weighted by Gasteiger charge is -2.14. The molecule has 3 aromatic heterocycles. The number of alkyl halides is 3. The summed E-state index contributed by atoms with van der Waals surface area (Å²) in [7, 11) is 3.14. The minimum atomic E-state index is -4.52. The molecule has 0 saturated heterocycles. The zero-order chi connectivity index (χ0) is 26.3. The molecule has 0 aliphatic rings. The maximum Gasteiger partial charge on any atom is 0.434 e. The first-order valence-electron chi connectivity index (χ1n) is 11.4. The van der Waals surface area contributed by atoms with Gasteiger partial charge in [-0.1, -0.05) is 48.5 Å². The summed E-state index contributed by atoms with van der Waals surface area (Å²) in [5.41, 5.74) is 2.67. The van der Waals surface area contributed by atoms with Crippen LogP contribution in [0.25, 0.3) is 33.9 Å². The number of nitrogens with one attached hydrogen (secondary N) is 1. The van der Waals surface area contributed by atoms with E-state index in [1.165, 1.54) is 16.2 Å². The van der Waals surface area contributed by atoms with Crippen molar-refractivity contribution < 1.29 is 17.9 Å². The number of halogens is 3. The molecule has 1 N–H and O–H groups in total. The molecule has 3 heterocycles. The Morgan fingerprint density at radius 2 is 1.81 bits per heavy atom. The summed E-state index contributed by atoms with van der Waals surface area (Å²) in [5, 5.41) is 0. The third-order valence-electron chi connectivity index (χ3n) is 6.22. The molecule has 5 aromatic rings. The first kappa shape index (κ1) is 24.4. The molecule has 0 aliphatic heterocycles. The fraction of sp³-hybridized carbons (Fsp3) is 0.231. The zero-order valence-electron chi connectivity index (χ0n) is 20.2. The molecule has 1 atom stereocenters. The predicted octanol–water partition coefficient (Wildman–Crippen LogP) is 4.96. The maximum atomic E-state index is 13.0. The van der Waals surface area contributed by atoms with Crippen LogP contribution in [0, 0.1) is 0 Å². The number of H-pyrrole nitrogens is 1. The van der Waals surface area contributed by atoms with E-state index in [0.717, 1.165) is 22.9 Å². The van der Waals surface area contributed by atoms with E-state index >= 15 is 0 Å². The second kappa shape index (κ2) is 9.32. The average molecular weight is 509 g/mol. The number of hydrogen-bond acceptors (Lipinski definition) is 5. The molecule has 0 amide bonds. The molecule has 2 aromatic carbocycles. The molecule has 0 aliphatic carbocycles. The summed E-state index contributed by atoms with van der Waals surface area (Å²) < 4.78 is 47.4. The van der Waals surface area contributed by atoms with Gasteiger partial charge in [0.25, 0.3) is 0 Å². The molecule has 0 spiro atoms. The number of methoxy groups -OCH3 is 1. The van der Waals surface area contributed by atoms with Gasteiger partial charge in [-0.15, -0.1) is 0 Å². The Labute approximate surface area is 209 Å². The highest BCUT2D eigenvalue weighted by molar-refractivity contribution is 5.73. The summed E-state index contributed by atoms with van der Waals surface area (Å²) >= 11 is 0. The van der Waals surface area contributed by atoms with Crippen molar-refractivity contribution in [3.63, 3.8) is 0 Å². The van der Waals surface area contributed by atoms with E-state index in [1.54, 1.807) is 37.6 Å². The van der Waals surface area contributed by atoms with Crippen molar-refractivity contribution in [2.75, 3.05) is 7.11 Å². The van der Waals surface area contributed by atoms with Crippen molar-refractivity contribution in [3.05, 3.63) is 88.2 Å². The van der Waals surface area contributed by atoms with Gasteiger partial charge in [0.15, 0.2) is 17.2 Å². The van der Waals surface area contributed by atoms with E-state index in [0.29, 0.717) is 22.6 Å². The average Bonchev–Trinajstić information content (AvgIpc) is 3.43. The van der Waals surface area contributed by atoms with Gasteiger partial charge in [0.05, 0.1) is 18.8 Å². The number of ether oxygens (including phenoxy) is 1. The quantitative estimate of drug-likeness (QED) is 0.350. The van der Waals surface area contributed by atoms with Crippen LogP contribution in [-0.2, 0) is 24.5 Å². The fourth-order valence-corrected chi connectivity index (χ4v) is 4.22. The molecule has 0 bridgehead atoms. The van der Waals surface area contributed by atoms with Crippen LogP contribution < -0.4 is 5.69 Å². The predicted molar refractivity (Wildman–Crippen MR) is 132 cm³/mol. The Bertz CT molecular complexity index is 1630. The van der Waals surface area contributed by atoms with Crippen LogP contribution >= 0.6 is 0 Å². The largest absolute Gasteiger partial charge is 0.434 e. The van der Waals surface area contributed by atoms with Crippen molar-refractivity contribution in [1.29, 1.82) is 0 Å². The van der Waals surface area contributed by atoms with Gasteiger partial charge in [-0.2, -0.15) is 13.2 Å². The van der Waals surface area contributed by atoms with Gasteiger partial charge in [0.1, 0.15) is 11.3 Å². The molecule has 0 saturated carbocycles. The molecular weight excluding hydrogens is 485 g/mol. The van der Waals surface area contributed by atoms with Gasteiger partial charge in [-0.25, -0.2) is 19.7 Å². The van der Waals surface area contributed by atoms with E-state index < -0.39 is 11.9 Å². The molecule has 190 valence electrons. The van der Waals surface area contributed by atoms with Gasteiger partial charge in [-0.3, -0.25) is 4.57 Å². The number of nitrogens with zero attached hydrogens (tertiary/aromatic N) is 5. The number of rotatable bonds is 6. The summed E-state index contributed by atoms with van der Waals surface area (Å²) in [4.78, 5) is 28.4.